The molecule has 3 aromatic rings. The SMILES string of the molecule is BBc1c(B)c(B)c(B2OB(c3c(B)c(C)c(C)c(C)c3B(B)B)OB(c3c(C)c(C)c(BB)c(C)c3B(B)B)O2)c(C)c1C. The van der Waals surface area contributed by atoms with Crippen molar-refractivity contribution in [2.24, 2.45) is 0 Å². The Kier molecular flexibility index (Phi) is 11.3. The largest absolute Gasteiger partial charge is 0.466 e. The normalized spacial score (nSPS) is 13.3. The predicted molar refractivity (Wildman–Crippen MR) is 237 cm³/mol. The van der Waals surface area contributed by atoms with Crippen LogP contribution in [0.15, 0.2) is 0 Å². The third-order valence-corrected chi connectivity index (χ3v) is 11.5. The molecule has 0 bridgehead atoms. The lowest BCUT2D eigenvalue weighted by Crippen LogP contribution is -2.72. The molecule has 0 amide bonds. The Morgan fingerprint density at radius 1 is 0.444 bits per heavy atom. The summed E-state index contributed by atoms with van der Waals surface area (Å²) in [6.07, 6.45) is 0. The first-order valence-electron chi connectivity index (χ1n) is 17.3. The molecule has 1 aliphatic heterocycles. The summed E-state index contributed by atoms with van der Waals surface area (Å²) < 4.78 is 21.3. The van der Waals surface area contributed by atoms with Crippen molar-refractivity contribution < 1.29 is 13.7 Å². The molecular formula is C26H44B16O3. The van der Waals surface area contributed by atoms with Gasteiger partial charge in [-0.3, -0.25) is 0 Å². The van der Waals surface area contributed by atoms with Crippen LogP contribution in [0.1, 0.15) is 44.5 Å². The fourth-order valence-corrected chi connectivity index (χ4v) is 8.42. The number of rotatable bonds is 7. The summed E-state index contributed by atoms with van der Waals surface area (Å²) in [6, 6.07) is 0. The summed E-state index contributed by atoms with van der Waals surface area (Å²) in [6.45, 7) is 18.7. The summed E-state index contributed by atoms with van der Waals surface area (Å²) in [5.41, 5.74) is 23.4. The molecule has 0 aliphatic carbocycles. The summed E-state index contributed by atoms with van der Waals surface area (Å²) in [5.74, 6) is 0. The molecule has 45 heavy (non-hydrogen) atoms. The Labute approximate surface area is 285 Å². The molecule has 0 spiro atoms. The summed E-state index contributed by atoms with van der Waals surface area (Å²) in [4.78, 5) is 0. The first kappa shape index (κ1) is 36.4. The van der Waals surface area contributed by atoms with Crippen molar-refractivity contribution in [3.8, 4) is 0 Å². The zero-order valence-electron chi connectivity index (χ0n) is 31.5. The minimum absolute atomic E-state index is 0.322. The van der Waals surface area contributed by atoms with Gasteiger partial charge in [0, 0.05) is 0 Å². The summed E-state index contributed by atoms with van der Waals surface area (Å²) in [7, 11) is 20.7. The van der Waals surface area contributed by atoms with Crippen LogP contribution in [0.5, 0.6) is 0 Å². The third kappa shape index (κ3) is 6.17. The molecule has 0 aromatic heterocycles. The molecule has 0 atom stereocenters. The Bertz CT molecular complexity index is 1630. The van der Waals surface area contributed by atoms with Gasteiger partial charge in [-0.2, -0.15) is 0 Å². The fourth-order valence-electron chi connectivity index (χ4n) is 8.42. The molecule has 3 aromatic carbocycles. The Morgan fingerprint density at radius 3 is 1.36 bits per heavy atom. The van der Waals surface area contributed by atoms with E-state index in [0.29, 0.717) is 13.0 Å². The zero-order valence-corrected chi connectivity index (χ0v) is 31.5. The van der Waals surface area contributed by atoms with Gasteiger partial charge in [-0.15, -0.1) is 5.46 Å². The van der Waals surface area contributed by atoms with E-state index in [-0.39, 0.29) is 0 Å². The molecule has 0 unspecified atom stereocenters. The molecular weight excluding hydrogens is 533 g/mol. The van der Waals surface area contributed by atoms with Crippen molar-refractivity contribution in [2.45, 2.75) is 55.4 Å². The second-order valence-electron chi connectivity index (χ2n) is 14.3. The second-order valence-corrected chi connectivity index (χ2v) is 14.3. The van der Waals surface area contributed by atoms with Gasteiger partial charge in [0.1, 0.15) is 50.9 Å². The highest BCUT2D eigenvalue weighted by Crippen LogP contribution is 2.16. The molecule has 3 nitrogen and oxygen atoms in total. The Hall–Kier alpha value is -1.42. The molecule has 1 saturated heterocycles. The maximum absolute atomic E-state index is 7.13. The molecule has 214 valence electrons. The van der Waals surface area contributed by atoms with Gasteiger partial charge in [-0.05, 0) is 88.5 Å². The van der Waals surface area contributed by atoms with Gasteiger partial charge in [0.2, 0.25) is 0 Å². The highest BCUT2D eigenvalue weighted by atomic mass is 16.7. The van der Waals surface area contributed by atoms with E-state index in [2.05, 4.69) is 125 Å². The quantitative estimate of drug-likeness (QED) is 0.261. The van der Waals surface area contributed by atoms with E-state index in [1.54, 1.807) is 0 Å². The lowest BCUT2D eigenvalue weighted by atomic mass is 9.15. The lowest BCUT2D eigenvalue weighted by molar-refractivity contribution is 0.309. The van der Waals surface area contributed by atoms with Crippen LogP contribution in [0.4, 0.5) is 0 Å². The maximum Gasteiger partial charge on any atom is 0.466 e. The van der Waals surface area contributed by atoms with Crippen LogP contribution < -0.4 is 54.6 Å². The molecule has 1 aliphatic rings. The van der Waals surface area contributed by atoms with Crippen molar-refractivity contribution in [2.75, 3.05) is 0 Å². The van der Waals surface area contributed by atoms with E-state index in [0.717, 1.165) is 19.8 Å². The highest BCUT2D eigenvalue weighted by Gasteiger charge is 2.48. The van der Waals surface area contributed by atoms with E-state index < -0.39 is 21.4 Å². The minimum Gasteiger partial charge on any atom is -0.445 e. The van der Waals surface area contributed by atoms with E-state index in [1.807, 2.05) is 0 Å². The fraction of sp³-hybridized carbons (Fsp3) is 0.308. The molecule has 19 heteroatoms. The molecule has 1 fully saturated rings. The lowest BCUT2D eigenvalue weighted by Gasteiger charge is -2.38. The van der Waals surface area contributed by atoms with Crippen molar-refractivity contribution in [3.63, 3.8) is 0 Å². The van der Waals surface area contributed by atoms with Gasteiger partial charge in [0.05, 0.1) is 46.4 Å². The Morgan fingerprint density at radius 2 is 0.867 bits per heavy atom. The maximum atomic E-state index is 7.13. The Balaban J connectivity index is 2.08. The number of benzene rings is 3. The van der Waals surface area contributed by atoms with Gasteiger partial charge < -0.3 is 13.7 Å². The average molecular weight is 578 g/mol. The van der Waals surface area contributed by atoms with Crippen LogP contribution in [-0.2, 0) is 13.7 Å². The summed E-state index contributed by atoms with van der Waals surface area (Å²) >= 11 is 0. The van der Waals surface area contributed by atoms with Gasteiger partial charge in [-0.1, -0.05) is 60.6 Å². The number of hydrogen-bond acceptors (Lipinski definition) is 3. The highest BCUT2D eigenvalue weighted by molar-refractivity contribution is 7.37. The zero-order chi connectivity index (χ0) is 33.8. The smallest absolute Gasteiger partial charge is 0.445 e. The van der Waals surface area contributed by atoms with Crippen LogP contribution in [0, 0.1) is 55.4 Å². The second kappa shape index (κ2) is 14.0. The minimum atomic E-state index is -0.569. The van der Waals surface area contributed by atoms with Gasteiger partial charge in [0.25, 0.3) is 0 Å². The van der Waals surface area contributed by atoms with Gasteiger partial charge in [0.15, 0.2) is 0 Å². The van der Waals surface area contributed by atoms with Crippen LogP contribution in [0.25, 0.3) is 0 Å². The monoisotopic (exact) mass is 580 g/mol. The van der Waals surface area contributed by atoms with E-state index in [9.17, 15) is 0 Å². The van der Waals surface area contributed by atoms with E-state index >= 15 is 0 Å². The standard InChI is InChI=1S/C26H44B16O3/c1-9-10(2)17(27)26(23(13(9)5)38(32)33)42-44-40(22-14(6)12(4)21(37-31)18(28)19(22)29)43-41(45-42)25-15(7)11(3)20(36-30)16(8)24(25)39(34)35/h36-37H,27-35H2,1-8H3. The topological polar surface area (TPSA) is 27.7 Å². The predicted octanol–water partition coefficient (Wildman–Crippen LogP) is -12.4. The molecule has 1 heterocycles. The van der Waals surface area contributed by atoms with Crippen LogP contribution >= 0.6 is 0 Å². The van der Waals surface area contributed by atoms with Crippen molar-refractivity contribution >= 4 is 173 Å². The van der Waals surface area contributed by atoms with Crippen LogP contribution in [-0.4, -0.2) is 119 Å². The van der Waals surface area contributed by atoms with Crippen LogP contribution in [0.2, 0.25) is 0 Å². The van der Waals surface area contributed by atoms with Gasteiger partial charge in [-0.25, -0.2) is 0 Å². The number of hydrogen-bond donors (Lipinski definition) is 0. The third-order valence-electron chi connectivity index (χ3n) is 11.5. The van der Waals surface area contributed by atoms with Crippen molar-refractivity contribution in [1.29, 1.82) is 0 Å². The average Bonchev–Trinajstić information content (AvgIpc) is 2.98. The first-order chi connectivity index (χ1) is 21.0. The van der Waals surface area contributed by atoms with Crippen LogP contribution in [0.3, 0.4) is 0 Å². The molecule has 0 N–H and O–H groups in total. The summed E-state index contributed by atoms with van der Waals surface area (Å²) in [5, 5.41) is 0. The van der Waals surface area contributed by atoms with Crippen molar-refractivity contribution in [1.82, 2.24) is 0 Å². The molecule has 4 rings (SSSR count). The molecule has 0 radical (unpaired) electrons. The molecule has 0 saturated carbocycles. The first-order valence-corrected chi connectivity index (χ1v) is 17.3. The van der Waals surface area contributed by atoms with E-state index in [4.69, 9.17) is 13.7 Å². The van der Waals surface area contributed by atoms with Gasteiger partial charge >= 0.3 is 21.4 Å². The van der Waals surface area contributed by atoms with E-state index in [1.165, 1.54) is 93.7 Å². The van der Waals surface area contributed by atoms with Crippen molar-refractivity contribution in [3.05, 3.63) is 44.5 Å².